The molecular weight excluding hydrogens is 793 g/mol. The normalized spacial score (nSPS) is 30.0. The molecule has 22 heavy (non-hydrogen) atoms. The molecule has 1 saturated heterocycles. The molecule has 7 nitrogen and oxygen atoms in total. The Morgan fingerprint density at radius 2 is 2.14 bits per heavy atom. The summed E-state index contributed by atoms with van der Waals surface area (Å²) in [5.74, 6) is 0.929. The Bertz CT molecular complexity index is 690. The first-order valence-electron chi connectivity index (χ1n) is 5.46. The summed E-state index contributed by atoms with van der Waals surface area (Å²) >= 11 is 3.09. The van der Waals surface area contributed by atoms with Crippen molar-refractivity contribution in [2.24, 2.45) is 0 Å². The molecule has 1 aliphatic rings. The Morgan fingerprint density at radius 1 is 1.55 bits per heavy atom. The summed E-state index contributed by atoms with van der Waals surface area (Å²) in [7, 11) is 0. The van der Waals surface area contributed by atoms with Crippen LogP contribution in [0.5, 0.6) is 0 Å². The first-order valence-corrected chi connectivity index (χ1v) is 6.37. The van der Waals surface area contributed by atoms with E-state index in [1.807, 2.05) is 0 Å². The van der Waals surface area contributed by atoms with Gasteiger partial charge < -0.3 is 14.9 Å². The van der Waals surface area contributed by atoms with Gasteiger partial charge in [-0.3, -0.25) is 14.3 Å². The van der Waals surface area contributed by atoms with Gasteiger partial charge in [0.05, 0.1) is 17.6 Å². The second-order valence-electron chi connectivity index (χ2n) is 4.23. The number of ether oxygens (including phenoxy) is 1. The largest absolute Gasteiger partial charge is 0.392 e. The van der Waals surface area contributed by atoms with Gasteiger partial charge in [-0.2, -0.15) is 4.39 Å². The number of H-pyrrole nitrogens is 1. The maximum Gasteiger partial charge on any atom is 0.330 e. The van der Waals surface area contributed by atoms with Crippen molar-refractivity contribution < 1.29 is 107 Å². The monoisotopic (exact) mass is 802 g/mol. The van der Waals surface area contributed by atoms with E-state index in [1.165, 1.54) is 0 Å². The van der Waals surface area contributed by atoms with Crippen molar-refractivity contribution in [3.05, 3.63) is 32.9 Å². The zero-order valence-electron chi connectivity index (χ0n) is 11.1. The molecule has 0 bridgehead atoms. The van der Waals surface area contributed by atoms with Crippen LogP contribution in [0.25, 0.3) is 0 Å². The molecule has 1 aliphatic heterocycles. The SMILES string of the molecule is C#C[C@]1(CO)O[C@@H](n2cc(F)c(=O)[nH]c2=O)C(Br)C1O.[Ac].[Ac]. The van der Waals surface area contributed by atoms with E-state index >= 15 is 0 Å². The van der Waals surface area contributed by atoms with E-state index in [-0.39, 0.29) is 88.1 Å². The van der Waals surface area contributed by atoms with Crippen molar-refractivity contribution in [3.8, 4) is 12.3 Å². The minimum absolute atomic E-state index is 0. The van der Waals surface area contributed by atoms with E-state index in [4.69, 9.17) is 11.2 Å². The van der Waals surface area contributed by atoms with Gasteiger partial charge >= 0.3 is 5.69 Å². The molecular formula is C11H10Ac2BrFN2O5. The van der Waals surface area contributed by atoms with E-state index < -0.39 is 46.4 Å². The van der Waals surface area contributed by atoms with E-state index in [0.717, 1.165) is 4.57 Å². The molecule has 0 aliphatic carbocycles. The van der Waals surface area contributed by atoms with E-state index in [0.29, 0.717) is 6.20 Å². The number of hydrogen-bond donors (Lipinski definition) is 3. The average molecular weight is 803 g/mol. The second kappa shape index (κ2) is 9.21. The van der Waals surface area contributed by atoms with Crippen LogP contribution in [-0.4, -0.2) is 42.9 Å². The van der Waals surface area contributed by atoms with Crippen LogP contribution in [0, 0.1) is 106 Å². The number of terminal acetylenes is 1. The third-order valence-corrected chi connectivity index (χ3v) is 4.01. The molecule has 2 unspecified atom stereocenters. The standard InChI is InChI=1S/C11H10BrFN2O5.2Ac/c1-2-11(4-16)7(17)6(12)9(20-11)15-3-5(13)8(18)14-10(15)19;;/h1,3,6-7,9,16-17H,4H2,(H,14,18,19);;/t6?,7?,9-,11-;;/m1../s1. The van der Waals surface area contributed by atoms with Crippen molar-refractivity contribution in [2.45, 2.75) is 22.8 Å². The first-order chi connectivity index (χ1) is 9.36. The summed E-state index contributed by atoms with van der Waals surface area (Å²) in [5, 5.41) is 19.3. The summed E-state index contributed by atoms with van der Waals surface area (Å²) in [6.07, 6.45) is 3.36. The van der Waals surface area contributed by atoms with E-state index in [9.17, 15) is 24.2 Å². The quantitative estimate of drug-likeness (QED) is 0.255. The van der Waals surface area contributed by atoms with Crippen molar-refractivity contribution in [1.29, 1.82) is 0 Å². The number of nitrogens with zero attached hydrogens (tertiary/aromatic N) is 1. The van der Waals surface area contributed by atoms with Gasteiger partial charge in [0.2, 0.25) is 5.82 Å². The molecule has 114 valence electrons. The molecule has 0 spiro atoms. The molecule has 1 aromatic rings. The van der Waals surface area contributed by atoms with Gasteiger partial charge in [0.1, 0.15) is 6.10 Å². The Kier molecular flexibility index (Phi) is 9.80. The second-order valence-corrected chi connectivity index (χ2v) is 5.29. The number of rotatable bonds is 2. The molecule has 2 heterocycles. The molecule has 2 radical (unpaired) electrons. The van der Waals surface area contributed by atoms with Crippen LogP contribution >= 0.6 is 15.9 Å². The predicted octanol–water partition coefficient (Wildman–Crippen LogP) is -1.31. The summed E-state index contributed by atoms with van der Waals surface area (Å²) < 4.78 is 19.3. The third-order valence-electron chi connectivity index (χ3n) is 3.06. The predicted molar refractivity (Wildman–Crippen MR) is 68.8 cm³/mol. The molecule has 2 rings (SSSR count). The van der Waals surface area contributed by atoms with Crippen LogP contribution in [0.3, 0.4) is 0 Å². The van der Waals surface area contributed by atoms with Gasteiger partial charge in [0.15, 0.2) is 11.8 Å². The molecule has 0 saturated carbocycles. The molecule has 1 fully saturated rings. The number of aromatic amines is 1. The summed E-state index contributed by atoms with van der Waals surface area (Å²) in [6, 6.07) is 0. The number of alkyl halides is 1. The van der Waals surface area contributed by atoms with Crippen LogP contribution in [0.15, 0.2) is 15.8 Å². The Labute approximate surface area is 204 Å². The fourth-order valence-corrected chi connectivity index (χ4v) is 2.71. The van der Waals surface area contributed by atoms with Crippen molar-refractivity contribution in [2.75, 3.05) is 6.61 Å². The Hall–Kier alpha value is 1.41. The summed E-state index contributed by atoms with van der Waals surface area (Å²) in [4.78, 5) is 23.5. The van der Waals surface area contributed by atoms with Crippen molar-refractivity contribution in [3.63, 3.8) is 0 Å². The molecule has 0 amide bonds. The maximum absolute atomic E-state index is 13.3. The van der Waals surface area contributed by atoms with Gasteiger partial charge in [-0.15, -0.1) is 6.42 Å². The smallest absolute Gasteiger partial charge is 0.330 e. The molecule has 4 atom stereocenters. The first kappa shape index (κ1) is 23.4. The molecule has 3 N–H and O–H groups in total. The van der Waals surface area contributed by atoms with Crippen LogP contribution in [0.4, 0.5) is 4.39 Å². The van der Waals surface area contributed by atoms with Gasteiger partial charge in [-0.25, -0.2) is 4.79 Å². The molecule has 0 aromatic carbocycles. The van der Waals surface area contributed by atoms with Crippen LogP contribution in [0.2, 0.25) is 0 Å². The number of hydrogen-bond acceptors (Lipinski definition) is 5. The van der Waals surface area contributed by atoms with Crippen LogP contribution in [0.1, 0.15) is 6.23 Å². The maximum atomic E-state index is 13.3. The Balaban J connectivity index is 0.00000220. The van der Waals surface area contributed by atoms with Gasteiger partial charge in [-0.1, -0.05) is 21.9 Å². The van der Waals surface area contributed by atoms with E-state index in [2.05, 4.69) is 21.9 Å². The molecule has 1 aromatic heterocycles. The van der Waals surface area contributed by atoms with Gasteiger partial charge in [0, 0.05) is 88.1 Å². The number of aliphatic hydroxyl groups excluding tert-OH is 2. The van der Waals surface area contributed by atoms with E-state index in [1.54, 1.807) is 4.98 Å². The van der Waals surface area contributed by atoms with Gasteiger partial charge in [-0.05, 0) is 0 Å². The van der Waals surface area contributed by atoms with Crippen LogP contribution < -0.4 is 11.2 Å². The third kappa shape index (κ3) is 4.14. The fraction of sp³-hybridized carbons (Fsp3) is 0.455. The minimum atomic E-state index is -1.72. The topological polar surface area (TPSA) is 105 Å². The Morgan fingerprint density at radius 3 is 2.59 bits per heavy atom. The number of nitrogens with one attached hydrogen (secondary N) is 1. The zero-order chi connectivity index (χ0) is 15.1. The minimum Gasteiger partial charge on any atom is -0.392 e. The summed E-state index contributed by atoms with van der Waals surface area (Å²) in [6.45, 7) is -0.691. The fourth-order valence-electron chi connectivity index (χ4n) is 1.92. The zero-order valence-corrected chi connectivity index (χ0v) is 22.1. The van der Waals surface area contributed by atoms with Crippen LogP contribution in [-0.2, 0) is 4.74 Å². The number of aliphatic hydroxyl groups is 2. The number of aromatic nitrogens is 2. The van der Waals surface area contributed by atoms with Gasteiger partial charge in [0.25, 0.3) is 5.56 Å². The summed E-state index contributed by atoms with van der Waals surface area (Å²) in [5.41, 5.74) is -3.81. The van der Waals surface area contributed by atoms with Crippen molar-refractivity contribution in [1.82, 2.24) is 9.55 Å². The average Bonchev–Trinajstić information content (AvgIpc) is 2.68. The number of halogens is 2. The van der Waals surface area contributed by atoms with Crippen molar-refractivity contribution >= 4 is 15.9 Å². The molecule has 11 heteroatoms.